The van der Waals surface area contributed by atoms with Crippen molar-refractivity contribution in [2.24, 2.45) is 0 Å². The average Bonchev–Trinajstić information content (AvgIpc) is 2.24. The highest BCUT2D eigenvalue weighted by Crippen LogP contribution is 2.19. The third-order valence-electron chi connectivity index (χ3n) is 2.15. The zero-order chi connectivity index (χ0) is 13.8. The summed E-state index contributed by atoms with van der Waals surface area (Å²) in [6, 6.07) is 5.82. The molecule has 1 rings (SSSR count). The van der Waals surface area contributed by atoms with E-state index in [-0.39, 0.29) is 12.2 Å². The average molecular weight is 263 g/mol. The number of halogens is 3. The van der Waals surface area contributed by atoms with Crippen LogP contribution in [0.2, 0.25) is 0 Å². The molecule has 0 bridgehead atoms. The van der Waals surface area contributed by atoms with E-state index < -0.39 is 24.7 Å². The fourth-order valence-corrected chi connectivity index (χ4v) is 1.24. The lowest BCUT2D eigenvalue weighted by Gasteiger charge is -2.14. The Bertz CT molecular complexity index is 420. The molecule has 18 heavy (non-hydrogen) atoms. The van der Waals surface area contributed by atoms with Crippen molar-refractivity contribution in [2.45, 2.75) is 18.7 Å². The molecule has 0 saturated heterocycles. The number of amides is 1. The van der Waals surface area contributed by atoms with E-state index in [1.54, 1.807) is 6.07 Å². The summed E-state index contributed by atoms with van der Waals surface area (Å²) in [5, 5.41) is 19.8. The van der Waals surface area contributed by atoms with E-state index in [0.717, 1.165) is 0 Å². The van der Waals surface area contributed by atoms with Gasteiger partial charge in [0.15, 0.2) is 6.10 Å². The molecule has 0 aliphatic carbocycles. The molecule has 100 valence electrons. The third kappa shape index (κ3) is 4.62. The molecular weight excluding hydrogens is 251 g/mol. The molecule has 1 unspecified atom stereocenters. The summed E-state index contributed by atoms with van der Waals surface area (Å²) in [5.41, 5.74) is 0.467. The molecule has 3 N–H and O–H groups in total. The van der Waals surface area contributed by atoms with Gasteiger partial charge in [-0.05, 0) is 17.7 Å². The lowest BCUT2D eigenvalue weighted by molar-refractivity contribution is -0.201. The van der Waals surface area contributed by atoms with E-state index >= 15 is 0 Å². The highest BCUT2D eigenvalue weighted by Gasteiger charge is 2.38. The van der Waals surface area contributed by atoms with Gasteiger partial charge in [-0.25, -0.2) is 0 Å². The second-order valence-electron chi connectivity index (χ2n) is 3.71. The highest BCUT2D eigenvalue weighted by atomic mass is 19.4. The SMILES string of the molecule is O=C(Cc1cccc(O)c1)NCC(O)C(F)(F)F. The summed E-state index contributed by atoms with van der Waals surface area (Å²) in [4.78, 5) is 11.3. The van der Waals surface area contributed by atoms with Crippen LogP contribution in [-0.2, 0) is 11.2 Å². The summed E-state index contributed by atoms with van der Waals surface area (Å²) in [6.07, 6.45) is -7.50. The number of rotatable bonds is 4. The number of carbonyl (C=O) groups is 1. The quantitative estimate of drug-likeness (QED) is 0.758. The topological polar surface area (TPSA) is 69.6 Å². The van der Waals surface area contributed by atoms with E-state index in [2.05, 4.69) is 0 Å². The van der Waals surface area contributed by atoms with Gasteiger partial charge in [-0.15, -0.1) is 0 Å². The maximum Gasteiger partial charge on any atom is 0.416 e. The molecule has 1 aromatic rings. The standard InChI is InChI=1S/C11H12F3NO3/c12-11(13,14)9(17)6-15-10(18)5-7-2-1-3-8(16)4-7/h1-4,9,16-17H,5-6H2,(H,15,18). The second-order valence-corrected chi connectivity index (χ2v) is 3.71. The van der Waals surface area contributed by atoms with Gasteiger partial charge in [-0.1, -0.05) is 12.1 Å². The Kier molecular flexibility index (Phi) is 4.55. The fourth-order valence-electron chi connectivity index (χ4n) is 1.24. The molecule has 7 heteroatoms. The number of phenols is 1. The second kappa shape index (κ2) is 5.72. The van der Waals surface area contributed by atoms with Crippen molar-refractivity contribution in [2.75, 3.05) is 6.54 Å². The molecule has 1 atom stereocenters. The molecule has 1 aromatic carbocycles. The number of phenolic OH excluding ortho intramolecular Hbond substituents is 1. The van der Waals surface area contributed by atoms with Crippen LogP contribution in [0.25, 0.3) is 0 Å². The lowest BCUT2D eigenvalue weighted by Crippen LogP contribution is -2.41. The Morgan fingerprint density at radius 1 is 1.39 bits per heavy atom. The van der Waals surface area contributed by atoms with Gasteiger partial charge in [0.25, 0.3) is 0 Å². The number of nitrogens with one attached hydrogen (secondary N) is 1. The van der Waals surface area contributed by atoms with E-state index in [0.29, 0.717) is 5.56 Å². The summed E-state index contributed by atoms with van der Waals surface area (Å²) in [6.45, 7) is -0.888. The highest BCUT2D eigenvalue weighted by molar-refractivity contribution is 5.78. The summed E-state index contributed by atoms with van der Waals surface area (Å²) in [5.74, 6) is -0.695. The molecule has 0 aliphatic rings. The van der Waals surface area contributed by atoms with Crippen LogP contribution in [0.15, 0.2) is 24.3 Å². The molecule has 0 saturated carbocycles. The van der Waals surface area contributed by atoms with Gasteiger partial charge in [0.05, 0.1) is 13.0 Å². The monoisotopic (exact) mass is 263 g/mol. The van der Waals surface area contributed by atoms with E-state index in [1.807, 2.05) is 5.32 Å². The van der Waals surface area contributed by atoms with Crippen molar-refractivity contribution in [1.82, 2.24) is 5.32 Å². The molecule has 0 radical (unpaired) electrons. The Morgan fingerprint density at radius 2 is 2.06 bits per heavy atom. The van der Waals surface area contributed by atoms with Gasteiger partial charge >= 0.3 is 6.18 Å². The molecule has 0 heterocycles. The minimum Gasteiger partial charge on any atom is -0.508 e. The first-order valence-electron chi connectivity index (χ1n) is 5.08. The Balaban J connectivity index is 2.43. The van der Waals surface area contributed by atoms with Crippen LogP contribution >= 0.6 is 0 Å². The number of hydrogen-bond donors (Lipinski definition) is 3. The van der Waals surface area contributed by atoms with Crippen LogP contribution < -0.4 is 5.32 Å². The Morgan fingerprint density at radius 3 is 2.61 bits per heavy atom. The molecule has 0 aliphatic heterocycles. The summed E-state index contributed by atoms with van der Waals surface area (Å²) in [7, 11) is 0. The van der Waals surface area contributed by atoms with Gasteiger partial charge < -0.3 is 15.5 Å². The minimum absolute atomic E-state index is 0.0318. The lowest BCUT2D eigenvalue weighted by atomic mass is 10.1. The van der Waals surface area contributed by atoms with Crippen molar-refractivity contribution in [3.63, 3.8) is 0 Å². The number of carbonyl (C=O) groups excluding carboxylic acids is 1. The first-order chi connectivity index (χ1) is 8.29. The van der Waals surface area contributed by atoms with Gasteiger partial charge in [-0.3, -0.25) is 4.79 Å². The molecular formula is C11H12F3NO3. The molecule has 1 amide bonds. The predicted octanol–water partition coefficient (Wildman–Crippen LogP) is 0.974. The number of aromatic hydroxyl groups is 1. The van der Waals surface area contributed by atoms with Crippen LogP contribution in [0.5, 0.6) is 5.75 Å². The number of alkyl halides is 3. The van der Waals surface area contributed by atoms with Crippen LogP contribution in [0.3, 0.4) is 0 Å². The van der Waals surface area contributed by atoms with E-state index in [1.165, 1.54) is 18.2 Å². The number of aliphatic hydroxyl groups is 1. The van der Waals surface area contributed by atoms with Crippen molar-refractivity contribution in [3.05, 3.63) is 29.8 Å². The van der Waals surface area contributed by atoms with Gasteiger partial charge in [0.2, 0.25) is 5.91 Å². The maximum atomic E-state index is 11.9. The Hall–Kier alpha value is -1.76. The molecule has 0 spiro atoms. The molecule has 0 aromatic heterocycles. The smallest absolute Gasteiger partial charge is 0.416 e. The van der Waals surface area contributed by atoms with E-state index in [4.69, 9.17) is 10.2 Å². The Labute approximate surface area is 101 Å². The van der Waals surface area contributed by atoms with Crippen molar-refractivity contribution < 1.29 is 28.2 Å². The fraction of sp³-hybridized carbons (Fsp3) is 0.364. The van der Waals surface area contributed by atoms with Crippen molar-refractivity contribution >= 4 is 5.91 Å². The van der Waals surface area contributed by atoms with Crippen LogP contribution in [-0.4, -0.2) is 34.9 Å². The zero-order valence-corrected chi connectivity index (χ0v) is 9.24. The number of benzene rings is 1. The minimum atomic E-state index is -4.75. The number of hydrogen-bond acceptors (Lipinski definition) is 3. The first-order valence-corrected chi connectivity index (χ1v) is 5.08. The van der Waals surface area contributed by atoms with Crippen LogP contribution in [0, 0.1) is 0 Å². The van der Waals surface area contributed by atoms with Crippen molar-refractivity contribution in [3.8, 4) is 5.75 Å². The third-order valence-corrected chi connectivity index (χ3v) is 2.15. The van der Waals surface area contributed by atoms with Gasteiger partial charge in [-0.2, -0.15) is 13.2 Å². The predicted molar refractivity (Wildman–Crippen MR) is 56.9 cm³/mol. The van der Waals surface area contributed by atoms with Crippen LogP contribution in [0.1, 0.15) is 5.56 Å². The van der Waals surface area contributed by atoms with Crippen LogP contribution in [0.4, 0.5) is 13.2 Å². The van der Waals surface area contributed by atoms with E-state index in [9.17, 15) is 18.0 Å². The molecule has 0 fully saturated rings. The van der Waals surface area contributed by atoms with Crippen molar-refractivity contribution in [1.29, 1.82) is 0 Å². The number of aliphatic hydroxyl groups excluding tert-OH is 1. The van der Waals surface area contributed by atoms with Gasteiger partial charge in [0, 0.05) is 0 Å². The van der Waals surface area contributed by atoms with Gasteiger partial charge in [0.1, 0.15) is 5.75 Å². The molecule has 4 nitrogen and oxygen atoms in total. The maximum absolute atomic E-state index is 11.9. The largest absolute Gasteiger partial charge is 0.508 e. The summed E-state index contributed by atoms with van der Waals surface area (Å²) >= 11 is 0. The first kappa shape index (κ1) is 14.3. The summed E-state index contributed by atoms with van der Waals surface area (Å²) < 4.78 is 35.8. The zero-order valence-electron chi connectivity index (χ0n) is 9.24. The normalized spacial score (nSPS) is 13.1.